The van der Waals surface area contributed by atoms with Crippen LogP contribution in [0.15, 0.2) is 97.6 Å². The van der Waals surface area contributed by atoms with Crippen LogP contribution < -0.4 is 4.74 Å². The van der Waals surface area contributed by atoms with Crippen molar-refractivity contribution in [2.24, 2.45) is 5.92 Å². The Morgan fingerprint density at radius 2 is 1.56 bits per heavy atom. The van der Waals surface area contributed by atoms with E-state index in [1.54, 1.807) is 6.08 Å². The van der Waals surface area contributed by atoms with E-state index in [0.29, 0.717) is 25.9 Å². The van der Waals surface area contributed by atoms with E-state index in [1.807, 2.05) is 84.9 Å². The van der Waals surface area contributed by atoms with Crippen LogP contribution in [0.5, 0.6) is 5.75 Å². The van der Waals surface area contributed by atoms with Crippen molar-refractivity contribution in [2.45, 2.75) is 44.8 Å². The number of ether oxygens (including phenoxy) is 3. The zero-order chi connectivity index (χ0) is 27.3. The highest BCUT2D eigenvalue weighted by Gasteiger charge is 2.40. The van der Waals surface area contributed by atoms with Crippen molar-refractivity contribution < 1.29 is 23.8 Å². The second kappa shape index (κ2) is 14.9. The van der Waals surface area contributed by atoms with Gasteiger partial charge in [0.15, 0.2) is 0 Å². The maximum absolute atomic E-state index is 13.4. The van der Waals surface area contributed by atoms with Crippen LogP contribution in [0, 0.1) is 5.92 Å². The number of amides is 2. The number of carbonyl (C=O) groups is 2. The number of carbonyl (C=O) groups excluding carboxylic acids is 2. The van der Waals surface area contributed by atoms with Gasteiger partial charge < -0.3 is 14.2 Å². The zero-order valence-corrected chi connectivity index (χ0v) is 22.4. The van der Waals surface area contributed by atoms with Gasteiger partial charge in [-0.15, -0.1) is 6.58 Å². The maximum atomic E-state index is 13.4. The molecule has 2 aliphatic heterocycles. The van der Waals surface area contributed by atoms with E-state index < -0.39 is 12.0 Å². The van der Waals surface area contributed by atoms with Crippen LogP contribution in [-0.2, 0) is 33.7 Å². The molecule has 204 valence electrons. The van der Waals surface area contributed by atoms with Crippen molar-refractivity contribution in [3.63, 3.8) is 0 Å². The Hall–Kier alpha value is -3.90. The lowest BCUT2D eigenvalue weighted by molar-refractivity contribution is -0.133. The number of hydrogen-bond acceptors (Lipinski definition) is 5. The molecule has 0 aromatic heterocycles. The van der Waals surface area contributed by atoms with Gasteiger partial charge in [-0.05, 0) is 60.9 Å². The number of allylic oxidation sites excluding steroid dienone is 1. The first kappa shape index (κ1) is 28.1. The van der Waals surface area contributed by atoms with Crippen molar-refractivity contribution in [3.8, 4) is 5.75 Å². The number of rotatable bonds is 10. The first-order valence-electron chi connectivity index (χ1n) is 13.6. The Kier molecular flexibility index (Phi) is 10.7. The van der Waals surface area contributed by atoms with Crippen molar-refractivity contribution in [1.82, 2.24) is 4.90 Å². The standard InChI is InChI=1S/C29H29NO4.C4H8O/c1-2-9-25(18-23-14-16-27(17-15-23)33-20-24-12-7-4-8-13-24)28(31)30-26(21-34-29(30)32)19-22-10-5-3-6-11-22;1-2-4-5-3-1/h2-8,10-17,25-26H,1,9,18-21H2;1-4H2/t25-,26-;/m0./s1. The van der Waals surface area contributed by atoms with E-state index in [2.05, 4.69) is 6.58 Å². The molecule has 0 aliphatic carbocycles. The van der Waals surface area contributed by atoms with Gasteiger partial charge in [0.1, 0.15) is 19.0 Å². The molecular weight excluding hydrogens is 490 g/mol. The Labute approximate surface area is 231 Å². The van der Waals surface area contributed by atoms with E-state index in [9.17, 15) is 9.59 Å². The highest BCUT2D eigenvalue weighted by atomic mass is 16.6. The molecule has 0 unspecified atom stereocenters. The molecule has 2 aliphatic rings. The predicted molar refractivity (Wildman–Crippen MR) is 151 cm³/mol. The molecule has 3 aromatic carbocycles. The number of nitrogens with zero attached hydrogens (tertiary/aromatic N) is 1. The summed E-state index contributed by atoms with van der Waals surface area (Å²) in [4.78, 5) is 27.2. The SMILES string of the molecule is C1CCOC1.C=CC[C@@H](Cc1ccc(OCc2ccccc2)cc1)C(=O)N1C(=O)OC[C@@H]1Cc1ccccc1. The minimum atomic E-state index is -0.565. The summed E-state index contributed by atoms with van der Waals surface area (Å²) in [5.41, 5.74) is 3.17. The van der Waals surface area contributed by atoms with Gasteiger partial charge in [0.2, 0.25) is 5.91 Å². The van der Waals surface area contributed by atoms with Gasteiger partial charge in [0, 0.05) is 19.1 Å². The number of cyclic esters (lactones) is 1. The molecule has 2 heterocycles. The van der Waals surface area contributed by atoms with Crippen molar-refractivity contribution in [3.05, 3.63) is 114 Å². The fraction of sp³-hybridized carbons (Fsp3) is 0.333. The van der Waals surface area contributed by atoms with Crippen LogP contribution in [0.3, 0.4) is 0 Å². The molecule has 0 radical (unpaired) electrons. The lowest BCUT2D eigenvalue weighted by atomic mass is 9.93. The van der Waals surface area contributed by atoms with Gasteiger partial charge in [0.25, 0.3) is 0 Å². The summed E-state index contributed by atoms with van der Waals surface area (Å²) in [6, 6.07) is 27.3. The molecule has 6 nitrogen and oxygen atoms in total. The van der Waals surface area contributed by atoms with Crippen molar-refractivity contribution in [2.75, 3.05) is 19.8 Å². The summed E-state index contributed by atoms with van der Waals surface area (Å²) in [7, 11) is 0. The molecule has 2 saturated heterocycles. The van der Waals surface area contributed by atoms with E-state index >= 15 is 0 Å². The lowest BCUT2D eigenvalue weighted by Crippen LogP contribution is -2.44. The van der Waals surface area contributed by atoms with E-state index in [1.165, 1.54) is 17.7 Å². The smallest absolute Gasteiger partial charge is 0.416 e. The first-order chi connectivity index (χ1) is 19.1. The minimum Gasteiger partial charge on any atom is -0.489 e. The molecule has 2 fully saturated rings. The van der Waals surface area contributed by atoms with Crippen LogP contribution >= 0.6 is 0 Å². The molecule has 39 heavy (non-hydrogen) atoms. The normalized spacial score (nSPS) is 17.1. The summed E-state index contributed by atoms with van der Waals surface area (Å²) in [6.07, 6.45) is 5.28. The van der Waals surface area contributed by atoms with E-state index in [4.69, 9.17) is 14.2 Å². The second-order valence-corrected chi connectivity index (χ2v) is 9.79. The molecule has 0 bridgehead atoms. The number of benzene rings is 3. The zero-order valence-electron chi connectivity index (χ0n) is 22.4. The molecule has 3 aromatic rings. The highest BCUT2D eigenvalue weighted by Crippen LogP contribution is 2.24. The third-order valence-corrected chi connectivity index (χ3v) is 6.79. The maximum Gasteiger partial charge on any atom is 0.416 e. The highest BCUT2D eigenvalue weighted by molar-refractivity contribution is 5.95. The van der Waals surface area contributed by atoms with Crippen LogP contribution in [0.25, 0.3) is 0 Å². The molecule has 2 atom stereocenters. The van der Waals surface area contributed by atoms with Crippen molar-refractivity contribution >= 4 is 12.0 Å². The van der Waals surface area contributed by atoms with E-state index in [-0.39, 0.29) is 18.6 Å². The van der Waals surface area contributed by atoms with Crippen molar-refractivity contribution in [1.29, 1.82) is 0 Å². The van der Waals surface area contributed by atoms with E-state index in [0.717, 1.165) is 35.7 Å². The van der Waals surface area contributed by atoms with Gasteiger partial charge in [-0.25, -0.2) is 9.69 Å². The van der Waals surface area contributed by atoms with Gasteiger partial charge in [-0.3, -0.25) is 4.79 Å². The summed E-state index contributed by atoms with van der Waals surface area (Å²) in [6.45, 7) is 6.53. The minimum absolute atomic E-state index is 0.215. The van der Waals surface area contributed by atoms with Gasteiger partial charge in [-0.1, -0.05) is 78.9 Å². The monoisotopic (exact) mass is 527 g/mol. The molecule has 0 spiro atoms. The second-order valence-electron chi connectivity index (χ2n) is 9.79. The predicted octanol–water partition coefficient (Wildman–Crippen LogP) is 6.39. The van der Waals surface area contributed by atoms with Crippen LogP contribution in [0.1, 0.15) is 36.0 Å². The molecule has 6 heteroatoms. The Morgan fingerprint density at radius 3 is 2.15 bits per heavy atom. The van der Waals surface area contributed by atoms with Crippen LogP contribution in [0.4, 0.5) is 4.79 Å². The Bertz CT molecular complexity index is 1170. The average Bonchev–Trinajstić information content (AvgIpc) is 3.67. The van der Waals surface area contributed by atoms with Gasteiger partial charge in [0.05, 0.1) is 6.04 Å². The summed E-state index contributed by atoms with van der Waals surface area (Å²) in [5.74, 6) is 0.162. The molecule has 5 rings (SSSR count). The fourth-order valence-electron chi connectivity index (χ4n) is 4.69. The Morgan fingerprint density at radius 1 is 0.923 bits per heavy atom. The topological polar surface area (TPSA) is 65.1 Å². The van der Waals surface area contributed by atoms with Crippen LogP contribution in [0.2, 0.25) is 0 Å². The van der Waals surface area contributed by atoms with Crippen LogP contribution in [-0.4, -0.2) is 42.8 Å². The molecular formula is C33H37NO5. The largest absolute Gasteiger partial charge is 0.489 e. The lowest BCUT2D eigenvalue weighted by Gasteiger charge is -2.24. The number of hydrogen-bond donors (Lipinski definition) is 0. The number of imide groups is 1. The van der Waals surface area contributed by atoms with Gasteiger partial charge >= 0.3 is 6.09 Å². The summed E-state index contributed by atoms with van der Waals surface area (Å²) < 4.78 is 16.1. The molecule has 0 saturated carbocycles. The molecule has 0 N–H and O–H groups in total. The molecule has 2 amide bonds. The summed E-state index contributed by atoms with van der Waals surface area (Å²) >= 11 is 0. The average molecular weight is 528 g/mol. The Balaban J connectivity index is 0.000000634. The van der Waals surface area contributed by atoms with Gasteiger partial charge in [-0.2, -0.15) is 0 Å². The third-order valence-electron chi connectivity index (χ3n) is 6.79. The first-order valence-corrected chi connectivity index (χ1v) is 13.6. The summed E-state index contributed by atoms with van der Waals surface area (Å²) in [5, 5.41) is 0. The third kappa shape index (κ3) is 8.55. The quantitative estimate of drug-likeness (QED) is 0.286. The fourth-order valence-corrected chi connectivity index (χ4v) is 4.69.